The second-order valence-corrected chi connectivity index (χ2v) is 12.0. The van der Waals surface area contributed by atoms with Crippen molar-refractivity contribution in [2.45, 2.75) is 57.7 Å². The second-order valence-electron chi connectivity index (χ2n) is 9.14. The van der Waals surface area contributed by atoms with Gasteiger partial charge in [-0.1, -0.05) is 47.3 Å². The van der Waals surface area contributed by atoms with Crippen LogP contribution >= 0.6 is 15.9 Å². The Morgan fingerprint density at radius 1 is 1.11 bits per heavy atom. The van der Waals surface area contributed by atoms with Crippen molar-refractivity contribution in [2.24, 2.45) is 0 Å². The summed E-state index contributed by atoms with van der Waals surface area (Å²) in [5.41, 5.74) is 1.17. The van der Waals surface area contributed by atoms with Gasteiger partial charge in [-0.05, 0) is 61.7 Å². The molecule has 36 heavy (non-hydrogen) atoms. The van der Waals surface area contributed by atoms with E-state index in [1.165, 1.54) is 18.4 Å². The molecule has 0 radical (unpaired) electrons. The minimum absolute atomic E-state index is 0.100. The van der Waals surface area contributed by atoms with Crippen LogP contribution < -0.4 is 14.4 Å². The van der Waals surface area contributed by atoms with Crippen LogP contribution in [0.2, 0.25) is 0 Å². The van der Waals surface area contributed by atoms with E-state index >= 15 is 0 Å². The number of ether oxygens (including phenoxy) is 1. The van der Waals surface area contributed by atoms with E-state index in [9.17, 15) is 18.0 Å². The van der Waals surface area contributed by atoms with Crippen LogP contribution in [0.15, 0.2) is 53.0 Å². The fraction of sp³-hybridized carbons (Fsp3) is 0.462. The molecule has 8 nitrogen and oxygen atoms in total. The summed E-state index contributed by atoms with van der Waals surface area (Å²) in [6.07, 6.45) is 6.23. The summed E-state index contributed by atoms with van der Waals surface area (Å²) < 4.78 is 32.4. The maximum absolute atomic E-state index is 13.6. The number of nitrogens with zero attached hydrogens (tertiary/aromatic N) is 2. The lowest BCUT2D eigenvalue weighted by molar-refractivity contribution is -0.139. The molecule has 0 aromatic heterocycles. The molecule has 1 atom stereocenters. The molecule has 0 aliphatic heterocycles. The smallest absolute Gasteiger partial charge is 0.244 e. The van der Waals surface area contributed by atoms with Gasteiger partial charge in [0.05, 0.1) is 19.1 Å². The highest BCUT2D eigenvalue weighted by molar-refractivity contribution is 9.10. The fourth-order valence-electron chi connectivity index (χ4n) is 4.35. The molecule has 0 heterocycles. The van der Waals surface area contributed by atoms with Crippen molar-refractivity contribution in [1.29, 1.82) is 0 Å². The van der Waals surface area contributed by atoms with E-state index in [0.29, 0.717) is 11.4 Å². The lowest BCUT2D eigenvalue weighted by Crippen LogP contribution is -2.52. The number of rotatable bonds is 10. The Morgan fingerprint density at radius 3 is 2.36 bits per heavy atom. The second kappa shape index (κ2) is 12.6. The van der Waals surface area contributed by atoms with Gasteiger partial charge in [0.15, 0.2) is 0 Å². The van der Waals surface area contributed by atoms with Crippen LogP contribution in [0.5, 0.6) is 5.75 Å². The van der Waals surface area contributed by atoms with E-state index in [4.69, 9.17) is 4.74 Å². The van der Waals surface area contributed by atoms with Crippen LogP contribution in [0.25, 0.3) is 0 Å². The first-order valence-electron chi connectivity index (χ1n) is 12.0. The van der Waals surface area contributed by atoms with E-state index in [-0.39, 0.29) is 18.5 Å². The maximum atomic E-state index is 13.6. The number of nitrogens with one attached hydrogen (secondary N) is 1. The van der Waals surface area contributed by atoms with E-state index in [1.54, 1.807) is 31.2 Å². The summed E-state index contributed by atoms with van der Waals surface area (Å²) in [6.45, 7) is 1.42. The van der Waals surface area contributed by atoms with Crippen LogP contribution in [-0.2, 0) is 26.2 Å². The summed E-state index contributed by atoms with van der Waals surface area (Å²) in [7, 11) is -2.26. The van der Waals surface area contributed by atoms with Gasteiger partial charge in [-0.25, -0.2) is 8.42 Å². The molecule has 1 aliphatic rings. The highest BCUT2D eigenvalue weighted by Gasteiger charge is 2.31. The van der Waals surface area contributed by atoms with Crippen molar-refractivity contribution in [1.82, 2.24) is 10.2 Å². The van der Waals surface area contributed by atoms with Crippen molar-refractivity contribution in [3.8, 4) is 5.75 Å². The van der Waals surface area contributed by atoms with Gasteiger partial charge in [0.2, 0.25) is 21.8 Å². The molecule has 2 aromatic carbocycles. The van der Waals surface area contributed by atoms with Gasteiger partial charge in [0, 0.05) is 17.1 Å². The molecule has 1 fully saturated rings. The summed E-state index contributed by atoms with van der Waals surface area (Å²) in [4.78, 5) is 28.3. The average Bonchev–Trinajstić information content (AvgIpc) is 2.85. The maximum Gasteiger partial charge on any atom is 0.244 e. The molecule has 0 saturated heterocycles. The molecule has 1 N–H and O–H groups in total. The minimum Gasteiger partial charge on any atom is -0.497 e. The van der Waals surface area contributed by atoms with Crippen LogP contribution in [0.3, 0.4) is 0 Å². The van der Waals surface area contributed by atoms with E-state index in [0.717, 1.165) is 46.3 Å². The van der Waals surface area contributed by atoms with E-state index in [1.807, 2.05) is 24.3 Å². The number of hydrogen-bond acceptors (Lipinski definition) is 5. The SMILES string of the molecule is COc1ccc(N(CC(=O)N(Cc2cccc(Br)c2)[C@@H](C)C(=O)NC2CCCCC2)S(C)(=O)=O)cc1. The molecule has 1 saturated carbocycles. The molecule has 196 valence electrons. The number of amides is 2. The zero-order valence-electron chi connectivity index (χ0n) is 20.9. The molecule has 1 aliphatic carbocycles. The lowest BCUT2D eigenvalue weighted by Gasteiger charge is -2.33. The third kappa shape index (κ3) is 7.70. The van der Waals surface area contributed by atoms with Crippen LogP contribution in [-0.4, -0.2) is 57.1 Å². The Kier molecular flexibility index (Phi) is 9.78. The van der Waals surface area contributed by atoms with Crippen molar-refractivity contribution in [2.75, 3.05) is 24.2 Å². The van der Waals surface area contributed by atoms with Crippen LogP contribution in [0, 0.1) is 0 Å². The molecule has 10 heteroatoms. The standard InChI is InChI=1S/C26H34BrN3O5S/c1-19(26(32)28-22-10-5-4-6-11-22)29(17-20-8-7-9-21(27)16-20)25(31)18-30(36(3,33)34)23-12-14-24(35-2)15-13-23/h7-9,12-16,19,22H,4-6,10-11,17-18H2,1-3H3,(H,28,32)/t19-/m0/s1. The third-order valence-electron chi connectivity index (χ3n) is 6.40. The van der Waals surface area contributed by atoms with Gasteiger partial charge in [-0.2, -0.15) is 0 Å². The Labute approximate surface area is 222 Å². The summed E-state index contributed by atoms with van der Waals surface area (Å²) >= 11 is 3.45. The van der Waals surface area contributed by atoms with Gasteiger partial charge < -0.3 is 15.0 Å². The number of hydrogen-bond donors (Lipinski definition) is 1. The van der Waals surface area contributed by atoms with Crippen molar-refractivity contribution in [3.05, 3.63) is 58.6 Å². The number of halogens is 1. The minimum atomic E-state index is -3.78. The quantitative estimate of drug-likeness (QED) is 0.457. The van der Waals surface area contributed by atoms with Gasteiger partial charge in [-0.15, -0.1) is 0 Å². The molecule has 0 unspecified atom stereocenters. The van der Waals surface area contributed by atoms with Gasteiger partial charge in [-0.3, -0.25) is 13.9 Å². The average molecular weight is 581 g/mol. The van der Waals surface area contributed by atoms with Gasteiger partial charge >= 0.3 is 0 Å². The molecule has 3 rings (SSSR count). The topological polar surface area (TPSA) is 96.0 Å². The number of methoxy groups -OCH3 is 1. The van der Waals surface area contributed by atoms with Crippen molar-refractivity contribution in [3.63, 3.8) is 0 Å². The third-order valence-corrected chi connectivity index (χ3v) is 8.03. The Hall–Kier alpha value is -2.59. The molecule has 2 amide bonds. The summed E-state index contributed by atoms with van der Waals surface area (Å²) in [5.74, 6) is -0.133. The normalized spacial score (nSPS) is 15.1. The number of sulfonamides is 1. The Morgan fingerprint density at radius 2 is 1.78 bits per heavy atom. The number of carbonyl (C=O) groups excluding carboxylic acids is 2. The zero-order chi connectivity index (χ0) is 26.3. The zero-order valence-corrected chi connectivity index (χ0v) is 23.3. The first kappa shape index (κ1) is 28.0. The van der Waals surface area contributed by atoms with Gasteiger partial charge in [0.1, 0.15) is 18.3 Å². The Bertz CT molecular complexity index is 1150. The first-order valence-corrected chi connectivity index (χ1v) is 14.7. The number of anilines is 1. The predicted octanol–water partition coefficient (Wildman–Crippen LogP) is 4.09. The van der Waals surface area contributed by atoms with Crippen LogP contribution in [0.1, 0.15) is 44.6 Å². The largest absolute Gasteiger partial charge is 0.497 e. The number of benzene rings is 2. The molecule has 2 aromatic rings. The number of carbonyl (C=O) groups is 2. The van der Waals surface area contributed by atoms with E-state index in [2.05, 4.69) is 21.2 Å². The molecular weight excluding hydrogens is 546 g/mol. The lowest BCUT2D eigenvalue weighted by atomic mass is 9.95. The van der Waals surface area contributed by atoms with Crippen LogP contribution in [0.4, 0.5) is 5.69 Å². The van der Waals surface area contributed by atoms with Crippen molar-refractivity contribution < 1.29 is 22.7 Å². The van der Waals surface area contributed by atoms with Crippen molar-refractivity contribution >= 4 is 43.5 Å². The predicted molar refractivity (Wildman–Crippen MR) is 144 cm³/mol. The highest BCUT2D eigenvalue weighted by atomic mass is 79.9. The molecule has 0 spiro atoms. The van der Waals surface area contributed by atoms with E-state index < -0.39 is 28.5 Å². The molecule has 0 bridgehead atoms. The fourth-order valence-corrected chi connectivity index (χ4v) is 5.64. The highest BCUT2D eigenvalue weighted by Crippen LogP contribution is 2.23. The summed E-state index contributed by atoms with van der Waals surface area (Å²) in [6, 6.07) is 13.3. The Balaban J connectivity index is 1.86. The first-order chi connectivity index (χ1) is 17.1. The van der Waals surface area contributed by atoms with Gasteiger partial charge in [0.25, 0.3) is 0 Å². The monoisotopic (exact) mass is 579 g/mol. The summed E-state index contributed by atoms with van der Waals surface area (Å²) in [5, 5.41) is 3.09. The molecular formula is C26H34BrN3O5S.